The van der Waals surface area contributed by atoms with Crippen molar-refractivity contribution in [3.63, 3.8) is 0 Å². The van der Waals surface area contributed by atoms with E-state index in [9.17, 15) is 37.8 Å². The average molecular weight is 1120 g/mol. The molecular weight excluding hydrogens is 1020 g/mol. The van der Waals surface area contributed by atoms with Crippen LogP contribution < -0.4 is 4.72 Å². The second-order valence-electron chi connectivity index (χ2n) is 24.9. The van der Waals surface area contributed by atoms with E-state index in [1.54, 1.807) is 46.1 Å². The van der Waals surface area contributed by atoms with E-state index in [2.05, 4.69) is 45.5 Å². The summed E-state index contributed by atoms with van der Waals surface area (Å²) >= 11 is 0. The number of ether oxygens (including phenoxy) is 5. The third-order valence-electron chi connectivity index (χ3n) is 17.3. The Morgan fingerprint density at radius 1 is 0.857 bits per heavy atom. The molecule has 0 unspecified atom stereocenters. The van der Waals surface area contributed by atoms with Crippen molar-refractivity contribution in [3.8, 4) is 0 Å². The summed E-state index contributed by atoms with van der Waals surface area (Å²) in [4.78, 5) is 58.6. The molecule has 4 aliphatic rings. The van der Waals surface area contributed by atoms with Crippen molar-refractivity contribution in [2.75, 3.05) is 40.2 Å². The lowest BCUT2D eigenvalue weighted by atomic mass is 9.78. The van der Waals surface area contributed by atoms with Crippen molar-refractivity contribution in [2.45, 2.75) is 225 Å². The molecule has 3 fully saturated rings. The molecule has 3 heterocycles. The fourth-order valence-electron chi connectivity index (χ4n) is 11.3. The molecule has 0 radical (unpaired) electrons. The van der Waals surface area contributed by atoms with E-state index in [1.807, 2.05) is 39.0 Å². The normalized spacial score (nSPS) is 36.6. The first-order chi connectivity index (χ1) is 35.9. The quantitative estimate of drug-likeness (QED) is 0.0547. The number of aliphatic hydroxyl groups excluding tert-OH is 1. The zero-order chi connectivity index (χ0) is 57.6. The molecule has 1 saturated carbocycles. The molecule has 77 heavy (non-hydrogen) atoms. The van der Waals surface area contributed by atoms with E-state index >= 15 is 0 Å². The van der Waals surface area contributed by atoms with Crippen LogP contribution in [-0.2, 0) is 57.3 Å². The number of fused-ring (bicyclic) bond motifs is 3. The molecule has 3 aliphatic heterocycles. The number of carbonyl (C=O) groups excluding carboxylic acids is 4. The second kappa shape index (κ2) is 29.7. The van der Waals surface area contributed by atoms with Crippen molar-refractivity contribution in [1.29, 1.82) is 0 Å². The van der Waals surface area contributed by atoms with Gasteiger partial charge in [0.1, 0.15) is 24.4 Å². The third-order valence-corrected chi connectivity index (χ3v) is 22.6. The topological polar surface area (TPSA) is 214 Å². The zero-order valence-corrected chi connectivity index (χ0v) is 51.3. The van der Waals surface area contributed by atoms with E-state index in [1.165, 1.54) is 12.0 Å². The van der Waals surface area contributed by atoms with Crippen molar-refractivity contribution >= 4 is 41.8 Å². The Balaban J connectivity index is 1.66. The zero-order valence-electron chi connectivity index (χ0n) is 49.5. The maximum atomic E-state index is 14.7. The molecule has 18 heteroatoms. The lowest BCUT2D eigenvalue weighted by Crippen LogP contribution is -2.61. The highest BCUT2D eigenvalue weighted by Gasteiger charge is 2.53. The van der Waals surface area contributed by atoms with E-state index < -0.39 is 90.1 Å². The first-order valence-electron chi connectivity index (χ1n) is 28.6. The molecule has 2 saturated heterocycles. The highest BCUT2D eigenvalue weighted by Crippen LogP contribution is 2.39. The van der Waals surface area contributed by atoms with E-state index in [0.29, 0.717) is 69.3 Å². The number of sulfonamides is 1. The van der Waals surface area contributed by atoms with Crippen LogP contribution in [0, 0.1) is 35.5 Å². The van der Waals surface area contributed by atoms with Gasteiger partial charge in [0.2, 0.25) is 15.8 Å². The van der Waals surface area contributed by atoms with Crippen LogP contribution in [0.5, 0.6) is 0 Å². The van der Waals surface area contributed by atoms with Crippen LogP contribution in [0.2, 0.25) is 18.1 Å². The number of hydrogen-bond acceptors (Lipinski definition) is 14. The Bertz CT molecular complexity index is 2190. The van der Waals surface area contributed by atoms with Gasteiger partial charge in [-0.3, -0.25) is 14.4 Å². The number of ketones is 2. The number of amides is 1. The number of nitrogens with zero attached hydrogens (tertiary/aromatic N) is 1. The number of Topliss-reactive ketones (excluding diaryl/α,β-unsaturated/α-hetero) is 2. The van der Waals surface area contributed by atoms with Crippen LogP contribution in [0.1, 0.15) is 153 Å². The number of carbonyl (C=O) groups is 4. The van der Waals surface area contributed by atoms with Crippen LogP contribution in [0.4, 0.5) is 0 Å². The molecule has 440 valence electrons. The smallest absolute Gasteiger partial charge is 0.329 e. The van der Waals surface area contributed by atoms with Crippen LogP contribution in [0.3, 0.4) is 0 Å². The number of esters is 1. The summed E-state index contributed by atoms with van der Waals surface area (Å²) in [5, 5.41) is 23.8. The molecule has 1 amide bonds. The number of hydrogen-bond donors (Lipinski definition) is 3. The summed E-state index contributed by atoms with van der Waals surface area (Å²) in [5.41, 5.74) is 1.23. The lowest BCUT2D eigenvalue weighted by molar-refractivity contribution is -0.264. The van der Waals surface area contributed by atoms with Gasteiger partial charge in [-0.2, -0.15) is 0 Å². The minimum Gasteiger partial charge on any atom is -0.461 e. The van der Waals surface area contributed by atoms with Crippen molar-refractivity contribution in [2.24, 2.45) is 35.5 Å². The van der Waals surface area contributed by atoms with E-state index in [0.717, 1.165) is 31.9 Å². The predicted molar refractivity (Wildman–Crippen MR) is 303 cm³/mol. The maximum absolute atomic E-state index is 14.7. The van der Waals surface area contributed by atoms with Crippen LogP contribution >= 0.6 is 0 Å². The summed E-state index contributed by atoms with van der Waals surface area (Å²) in [6.07, 6.45) is 15.2. The van der Waals surface area contributed by atoms with Gasteiger partial charge in [-0.05, 0) is 145 Å². The number of nitrogens with one attached hydrogen (secondary N) is 1. The standard InChI is InChI=1S/C59H100N2O14SSi/c1-38-21-17-16-18-22-40(3)47(60-76(13,68)69)37-46-27-25-44(7)59(67,75-46)55(64)56(65)61-30-20-19-23-48(61)57(66)74-49(28-24-39(2)34-43(6)53(63)54(71-12)52(62)42(5)33-38)41(4)35-45-26-29-50(51(36-45)70-11)72-31-32-73-77(14,15)58(8,9)10/h16-18,21-22,34,38-39,41-42,44-51,53-54,60,63,67H,19-20,23-33,35-37H2,1-15H3/b18-16+,21-17+,40-22+,43-34+/t38-,39+,41-,42-,44-,45+,46+,47+,48+,49+,50-,51-,53-,54+,59-/m1/s1. The van der Waals surface area contributed by atoms with Gasteiger partial charge in [-0.15, -0.1) is 0 Å². The van der Waals surface area contributed by atoms with Crippen LogP contribution in [0.25, 0.3) is 0 Å². The summed E-state index contributed by atoms with van der Waals surface area (Å²) in [5.74, 6) is -6.77. The van der Waals surface area contributed by atoms with E-state index in [-0.39, 0.29) is 66.1 Å². The van der Waals surface area contributed by atoms with Gasteiger partial charge >= 0.3 is 5.97 Å². The van der Waals surface area contributed by atoms with Gasteiger partial charge in [0.15, 0.2) is 14.1 Å². The number of allylic oxidation sites excluding steroid dienone is 6. The largest absolute Gasteiger partial charge is 0.461 e. The van der Waals surface area contributed by atoms with Gasteiger partial charge in [0.05, 0.1) is 37.8 Å². The van der Waals surface area contributed by atoms with Gasteiger partial charge in [-0.1, -0.05) is 97.4 Å². The second-order valence-corrected chi connectivity index (χ2v) is 31.4. The molecule has 3 N–H and O–H groups in total. The highest BCUT2D eigenvalue weighted by atomic mass is 32.2. The highest BCUT2D eigenvalue weighted by molar-refractivity contribution is 7.88. The Hall–Kier alpha value is -2.91. The molecule has 15 atom stereocenters. The summed E-state index contributed by atoms with van der Waals surface area (Å²) in [7, 11) is -2.50. The fourth-order valence-corrected chi connectivity index (χ4v) is 13.2. The van der Waals surface area contributed by atoms with Crippen LogP contribution in [-0.4, -0.2) is 150 Å². The Labute approximate surface area is 464 Å². The minimum absolute atomic E-state index is 0.0107. The summed E-state index contributed by atoms with van der Waals surface area (Å²) in [6, 6.07) is -1.86. The molecule has 0 aromatic heterocycles. The van der Waals surface area contributed by atoms with Crippen LogP contribution in [0.15, 0.2) is 47.6 Å². The van der Waals surface area contributed by atoms with E-state index in [4.69, 9.17) is 28.1 Å². The molecule has 0 aromatic carbocycles. The lowest BCUT2D eigenvalue weighted by Gasteiger charge is -2.43. The number of piperidine rings is 1. The molecule has 0 aromatic rings. The van der Waals surface area contributed by atoms with Crippen molar-refractivity contribution < 1.29 is 65.9 Å². The summed E-state index contributed by atoms with van der Waals surface area (Å²) in [6.45, 7) is 25.4. The number of aliphatic hydroxyl groups is 2. The molecule has 4 rings (SSSR count). The third kappa shape index (κ3) is 19.4. The predicted octanol–water partition coefficient (Wildman–Crippen LogP) is 8.95. The first-order valence-corrected chi connectivity index (χ1v) is 33.4. The monoisotopic (exact) mass is 1120 g/mol. The number of rotatable bonds is 12. The van der Waals surface area contributed by atoms with Crippen molar-refractivity contribution in [1.82, 2.24) is 9.62 Å². The van der Waals surface area contributed by atoms with Crippen molar-refractivity contribution in [3.05, 3.63) is 47.6 Å². The number of cyclic esters (lactones) is 1. The minimum atomic E-state index is -3.73. The molecular formula is C59H100N2O14SSi. The SMILES string of the molecule is CO[C@@H]1C[C@H](C[C@@H](C)[C@@H]2CC[C@H](C)/C=C(\C)[C@@H](O)[C@@H](OC)C(=O)[C@H](C)C[C@H](C)/C=C/C=C/C=C(\C)[C@@H](NS(C)(=O)=O)C[C@@H]3CC[C@@H](C)[C@@](O)(O3)C(=O)C(=O)N3CCCC[C@H]3C(=O)O2)CC[C@H]1OCCO[Si](C)(C)C(C)(C)C. The first kappa shape index (κ1) is 66.6. The van der Waals surface area contributed by atoms with Gasteiger partial charge in [-0.25, -0.2) is 17.9 Å². The Morgan fingerprint density at radius 3 is 2.21 bits per heavy atom. The Morgan fingerprint density at radius 2 is 1.56 bits per heavy atom. The molecule has 1 aliphatic carbocycles. The van der Waals surface area contributed by atoms with Gasteiger partial charge in [0, 0.05) is 38.6 Å². The molecule has 16 nitrogen and oxygen atoms in total. The number of methoxy groups -OCH3 is 2. The molecule has 0 spiro atoms. The Kier molecular flexibility index (Phi) is 25.7. The van der Waals surface area contributed by atoms with Gasteiger partial charge in [0.25, 0.3) is 11.7 Å². The maximum Gasteiger partial charge on any atom is 0.329 e. The average Bonchev–Trinajstić information content (AvgIpc) is 3.35. The summed E-state index contributed by atoms with van der Waals surface area (Å²) < 4.78 is 65.1. The molecule has 2 bridgehead atoms. The van der Waals surface area contributed by atoms with Gasteiger partial charge < -0.3 is 43.2 Å². The fraction of sp³-hybridized carbons (Fsp3) is 0.797.